The predicted molar refractivity (Wildman–Crippen MR) is 149 cm³/mol. The molecule has 1 heterocycles. The number of carbonyl (C=O) groups excluding carboxylic acids is 5. The van der Waals surface area contributed by atoms with Crippen LogP contribution in [0.1, 0.15) is 87.0 Å². The number of fused-ring (bicyclic) bond motifs is 1. The highest BCUT2D eigenvalue weighted by atomic mass is 16.6. The van der Waals surface area contributed by atoms with Crippen molar-refractivity contribution in [3.63, 3.8) is 0 Å². The monoisotopic (exact) mass is 561 g/mol. The van der Waals surface area contributed by atoms with Gasteiger partial charge in [-0.05, 0) is 65.7 Å². The minimum atomic E-state index is -1.06. The SMILES string of the molecule is COC(=O)C(=O)C(CC(C)C)NC(=O)[C@@H]1[C@H]2C(=C(C)C)C2CN1C(=O)C(NC(=O)OC(C)(C)C)C1CCCCC1. The molecule has 10 heteroatoms. The largest absolute Gasteiger partial charge is 0.463 e. The van der Waals surface area contributed by atoms with Crippen molar-refractivity contribution in [2.45, 2.75) is 111 Å². The van der Waals surface area contributed by atoms with Gasteiger partial charge in [0, 0.05) is 18.4 Å². The fourth-order valence-electron chi connectivity index (χ4n) is 6.36. The van der Waals surface area contributed by atoms with Gasteiger partial charge in [0.05, 0.1) is 13.2 Å². The van der Waals surface area contributed by atoms with Gasteiger partial charge in [-0.15, -0.1) is 0 Å². The van der Waals surface area contributed by atoms with E-state index >= 15 is 0 Å². The number of carbonyl (C=O) groups is 5. The van der Waals surface area contributed by atoms with E-state index < -0.39 is 47.5 Å². The van der Waals surface area contributed by atoms with E-state index in [1.54, 1.807) is 25.7 Å². The molecule has 3 unspecified atom stereocenters. The van der Waals surface area contributed by atoms with Crippen LogP contribution in [0.4, 0.5) is 4.79 Å². The van der Waals surface area contributed by atoms with Gasteiger partial charge in [-0.1, -0.05) is 44.3 Å². The average molecular weight is 562 g/mol. The van der Waals surface area contributed by atoms with Crippen LogP contribution in [-0.2, 0) is 28.7 Å². The zero-order valence-corrected chi connectivity index (χ0v) is 25.3. The second-order valence-corrected chi connectivity index (χ2v) is 13.1. The number of alkyl carbamates (subject to hydrolysis) is 1. The standard InChI is InChI=1S/C30H47N3O7/c1-16(2)14-20(25(34)28(37)39-8)31-26(35)24-22-19(21(22)17(3)4)15-33(24)27(36)23(18-12-10-9-11-13-18)32-29(38)40-30(5,6)7/h16,18-20,22-24H,9-15H2,1-8H3,(H,31,35)(H,32,38)/t19?,20?,22-,23?,24+/m1/s1. The molecule has 40 heavy (non-hydrogen) atoms. The maximum Gasteiger partial charge on any atom is 0.408 e. The molecule has 3 aliphatic rings. The molecule has 1 saturated heterocycles. The van der Waals surface area contributed by atoms with Gasteiger partial charge in [-0.2, -0.15) is 0 Å². The number of allylic oxidation sites excluding steroid dienone is 1. The van der Waals surface area contributed by atoms with Crippen molar-refractivity contribution in [2.75, 3.05) is 13.7 Å². The molecule has 0 bridgehead atoms. The smallest absolute Gasteiger partial charge is 0.408 e. The molecule has 10 nitrogen and oxygen atoms in total. The molecular formula is C30H47N3O7. The number of likely N-dealkylation sites (tertiary alicyclic amines) is 1. The van der Waals surface area contributed by atoms with Gasteiger partial charge < -0.3 is 25.0 Å². The number of amides is 3. The van der Waals surface area contributed by atoms with Crippen LogP contribution in [-0.4, -0.2) is 71.9 Å². The normalized spacial score (nSPS) is 24.1. The number of rotatable bonds is 9. The molecule has 0 spiro atoms. The van der Waals surface area contributed by atoms with E-state index in [9.17, 15) is 24.0 Å². The Hall–Kier alpha value is -2.91. The third kappa shape index (κ3) is 7.43. The zero-order chi connectivity index (χ0) is 29.9. The van der Waals surface area contributed by atoms with Crippen LogP contribution in [0.25, 0.3) is 0 Å². The van der Waals surface area contributed by atoms with E-state index in [2.05, 4.69) is 15.4 Å². The number of ketones is 1. The second-order valence-electron chi connectivity index (χ2n) is 13.1. The third-order valence-corrected chi connectivity index (χ3v) is 8.07. The van der Waals surface area contributed by atoms with Crippen molar-refractivity contribution in [2.24, 2.45) is 23.7 Å². The Morgan fingerprint density at radius 2 is 1.62 bits per heavy atom. The topological polar surface area (TPSA) is 131 Å². The van der Waals surface area contributed by atoms with Crippen molar-refractivity contribution < 1.29 is 33.4 Å². The summed E-state index contributed by atoms with van der Waals surface area (Å²) in [6, 6.07) is -2.71. The van der Waals surface area contributed by atoms with Gasteiger partial charge in [0.2, 0.25) is 11.8 Å². The Kier molecular flexibility index (Phi) is 10.1. The summed E-state index contributed by atoms with van der Waals surface area (Å²) < 4.78 is 10.1. The highest BCUT2D eigenvalue weighted by molar-refractivity contribution is 6.36. The number of esters is 1. The quantitative estimate of drug-likeness (QED) is 0.250. The lowest BCUT2D eigenvalue weighted by Gasteiger charge is -2.36. The molecule has 0 aromatic heterocycles. The number of nitrogens with zero attached hydrogens (tertiary/aromatic N) is 1. The van der Waals surface area contributed by atoms with Gasteiger partial charge >= 0.3 is 12.1 Å². The first-order valence-corrected chi connectivity index (χ1v) is 14.6. The number of piperidine rings is 1. The summed E-state index contributed by atoms with van der Waals surface area (Å²) in [5.41, 5.74) is 1.54. The van der Waals surface area contributed by atoms with Gasteiger partial charge in [-0.25, -0.2) is 9.59 Å². The summed E-state index contributed by atoms with van der Waals surface area (Å²) in [7, 11) is 1.13. The molecule has 1 aliphatic heterocycles. The molecule has 2 saturated carbocycles. The van der Waals surface area contributed by atoms with Crippen molar-refractivity contribution in [3.8, 4) is 0 Å². The predicted octanol–water partition coefficient (Wildman–Crippen LogP) is 3.53. The van der Waals surface area contributed by atoms with Gasteiger partial charge in [0.25, 0.3) is 5.78 Å². The van der Waals surface area contributed by atoms with E-state index in [1.165, 1.54) is 0 Å². The molecule has 3 rings (SSSR count). The molecule has 3 fully saturated rings. The Morgan fingerprint density at radius 1 is 1.00 bits per heavy atom. The van der Waals surface area contributed by atoms with Crippen molar-refractivity contribution >= 4 is 29.7 Å². The first kappa shape index (κ1) is 31.6. The van der Waals surface area contributed by atoms with E-state index in [1.807, 2.05) is 27.7 Å². The molecule has 2 aliphatic carbocycles. The number of hydrogen-bond donors (Lipinski definition) is 2. The van der Waals surface area contributed by atoms with E-state index in [-0.39, 0.29) is 36.0 Å². The van der Waals surface area contributed by atoms with Crippen LogP contribution < -0.4 is 10.6 Å². The molecule has 0 aromatic carbocycles. The maximum atomic E-state index is 14.2. The number of ether oxygens (including phenoxy) is 2. The molecule has 0 radical (unpaired) electrons. The van der Waals surface area contributed by atoms with Crippen LogP contribution in [0.5, 0.6) is 0 Å². The Morgan fingerprint density at radius 3 is 2.15 bits per heavy atom. The molecule has 2 N–H and O–H groups in total. The second kappa shape index (κ2) is 12.7. The lowest BCUT2D eigenvalue weighted by atomic mass is 9.83. The van der Waals surface area contributed by atoms with Crippen molar-refractivity contribution in [1.29, 1.82) is 0 Å². The number of nitrogens with one attached hydrogen (secondary N) is 2. The van der Waals surface area contributed by atoms with Crippen molar-refractivity contribution in [3.05, 3.63) is 11.1 Å². The first-order chi connectivity index (χ1) is 18.7. The average Bonchev–Trinajstić information content (AvgIpc) is 3.44. The van der Waals surface area contributed by atoms with Gasteiger partial charge in [0.1, 0.15) is 17.7 Å². The van der Waals surface area contributed by atoms with E-state index in [0.717, 1.165) is 50.4 Å². The van der Waals surface area contributed by atoms with Crippen LogP contribution in [0.3, 0.4) is 0 Å². The number of methoxy groups -OCH3 is 1. The summed E-state index contributed by atoms with van der Waals surface area (Å²) in [5.74, 6) is -2.76. The summed E-state index contributed by atoms with van der Waals surface area (Å²) in [6.45, 7) is 13.4. The van der Waals surface area contributed by atoms with Crippen molar-refractivity contribution in [1.82, 2.24) is 15.5 Å². The molecule has 3 amide bonds. The summed E-state index contributed by atoms with van der Waals surface area (Å²) in [4.78, 5) is 67.2. The highest BCUT2D eigenvalue weighted by Crippen LogP contribution is 2.56. The summed E-state index contributed by atoms with van der Waals surface area (Å²) >= 11 is 0. The van der Waals surface area contributed by atoms with E-state index in [0.29, 0.717) is 6.54 Å². The lowest BCUT2D eigenvalue weighted by molar-refractivity contribution is -0.153. The summed E-state index contributed by atoms with van der Waals surface area (Å²) in [5, 5.41) is 5.62. The number of hydrogen-bond acceptors (Lipinski definition) is 7. The van der Waals surface area contributed by atoms with Gasteiger partial charge in [0.15, 0.2) is 0 Å². The minimum absolute atomic E-state index is 0.0240. The maximum absolute atomic E-state index is 14.2. The lowest BCUT2D eigenvalue weighted by Crippen LogP contribution is -2.59. The fourth-order valence-corrected chi connectivity index (χ4v) is 6.36. The molecular weight excluding hydrogens is 514 g/mol. The molecule has 224 valence electrons. The Balaban J connectivity index is 1.90. The third-order valence-electron chi connectivity index (χ3n) is 8.07. The molecule has 0 aromatic rings. The fraction of sp³-hybridized carbons (Fsp3) is 0.767. The first-order valence-electron chi connectivity index (χ1n) is 14.6. The Bertz CT molecular complexity index is 1030. The van der Waals surface area contributed by atoms with Crippen LogP contribution >= 0.6 is 0 Å². The van der Waals surface area contributed by atoms with Crippen LogP contribution in [0.15, 0.2) is 11.1 Å². The number of Topliss-reactive ketones (excluding diaryl/α,β-unsaturated/α-hetero) is 1. The van der Waals surface area contributed by atoms with Gasteiger partial charge in [-0.3, -0.25) is 14.4 Å². The van der Waals surface area contributed by atoms with E-state index in [4.69, 9.17) is 4.74 Å². The summed E-state index contributed by atoms with van der Waals surface area (Å²) in [6.07, 6.45) is 4.21. The zero-order valence-electron chi connectivity index (χ0n) is 25.3. The van der Waals surface area contributed by atoms with Crippen LogP contribution in [0.2, 0.25) is 0 Å². The molecule has 5 atom stereocenters. The van der Waals surface area contributed by atoms with Crippen LogP contribution in [0, 0.1) is 23.7 Å². The highest BCUT2D eigenvalue weighted by Gasteiger charge is 2.62. The Labute approximate surface area is 238 Å². The minimum Gasteiger partial charge on any atom is -0.463 e.